The summed E-state index contributed by atoms with van der Waals surface area (Å²) < 4.78 is 0. The number of aliphatic hydroxyl groups is 1. The van der Waals surface area contributed by atoms with Crippen molar-refractivity contribution in [1.29, 1.82) is 0 Å². The highest BCUT2D eigenvalue weighted by Gasteiger charge is 2.24. The van der Waals surface area contributed by atoms with Crippen LogP contribution in [0.1, 0.15) is 12.8 Å². The Labute approximate surface area is 98.4 Å². The summed E-state index contributed by atoms with van der Waals surface area (Å²) in [6.07, 6.45) is 6.87. The van der Waals surface area contributed by atoms with Gasteiger partial charge in [-0.25, -0.2) is 0 Å². The fraction of sp³-hybridized carbons (Fsp3) is 0.400. The van der Waals surface area contributed by atoms with Crippen molar-refractivity contribution in [3.63, 3.8) is 0 Å². The molecule has 0 amide bonds. The lowest BCUT2D eigenvalue weighted by Gasteiger charge is -2.30. The zero-order valence-corrected chi connectivity index (χ0v) is 9.52. The van der Waals surface area contributed by atoms with Gasteiger partial charge >= 0.3 is 0 Å². The zero-order chi connectivity index (χ0) is 10.8. The summed E-state index contributed by atoms with van der Waals surface area (Å²) in [4.78, 5) is 0. The topological polar surface area (TPSA) is 44.3 Å². The Morgan fingerprint density at radius 3 is 2.93 bits per heavy atom. The van der Waals surface area contributed by atoms with Crippen molar-refractivity contribution in [3.05, 3.63) is 34.7 Å². The van der Waals surface area contributed by atoms with Crippen LogP contribution in [0.2, 0.25) is 0 Å². The molecule has 2 aliphatic rings. The summed E-state index contributed by atoms with van der Waals surface area (Å²) in [7, 11) is 0. The first-order chi connectivity index (χ1) is 7.16. The minimum Gasteiger partial charge on any atom is -0.508 e. The van der Waals surface area contributed by atoms with Crippen LogP contribution in [-0.4, -0.2) is 16.8 Å². The number of alkyl halides is 1. The lowest BCUT2D eigenvalue weighted by atomic mass is 10.0. The fourth-order valence-electron chi connectivity index (χ4n) is 1.71. The summed E-state index contributed by atoms with van der Waals surface area (Å²) in [5.74, 6) is 0.293. The quantitative estimate of drug-likeness (QED) is 0.492. The molecule has 0 radical (unpaired) electrons. The Hall–Kier alpha value is -0.640. The number of hydrogen-bond acceptors (Lipinski definition) is 3. The largest absolute Gasteiger partial charge is 0.508 e. The molecule has 1 aliphatic carbocycles. The highest BCUT2D eigenvalue weighted by molar-refractivity contribution is 6.30. The molecule has 1 aliphatic heterocycles. The van der Waals surface area contributed by atoms with Crippen molar-refractivity contribution in [2.75, 3.05) is 0 Å². The average molecular weight is 247 g/mol. The third-order valence-corrected chi connectivity index (χ3v) is 2.92. The molecule has 0 spiro atoms. The zero-order valence-electron chi connectivity index (χ0n) is 8.00. The number of halogens is 2. The van der Waals surface area contributed by atoms with Gasteiger partial charge in [0.15, 0.2) is 0 Å². The van der Waals surface area contributed by atoms with Crippen molar-refractivity contribution in [2.24, 2.45) is 0 Å². The molecule has 0 aromatic heterocycles. The Bertz CT molecular complexity index is 349. The molecule has 0 fully saturated rings. The standard InChI is InChI=1S/C10H12Cl2N2O/c11-8-5-9(12)14-10(13-8)6-3-1-2-4-7(6)15/h2,4-5,8,10,13-15H,1,3H2. The Kier molecular flexibility index (Phi) is 3.24. The van der Waals surface area contributed by atoms with Crippen LogP contribution in [0.5, 0.6) is 0 Å². The number of hydrogen-bond donors (Lipinski definition) is 3. The van der Waals surface area contributed by atoms with Crippen LogP contribution in [0.4, 0.5) is 0 Å². The summed E-state index contributed by atoms with van der Waals surface area (Å²) in [5.41, 5.74) is 0.587. The van der Waals surface area contributed by atoms with E-state index < -0.39 is 0 Å². The predicted octanol–water partition coefficient (Wildman–Crippen LogP) is 2.31. The summed E-state index contributed by atoms with van der Waals surface area (Å²) in [5, 5.41) is 16.3. The molecule has 1 heterocycles. The van der Waals surface area contributed by atoms with E-state index in [0.29, 0.717) is 10.9 Å². The monoisotopic (exact) mass is 246 g/mol. The second kappa shape index (κ2) is 4.47. The molecule has 0 saturated carbocycles. The van der Waals surface area contributed by atoms with E-state index in [4.69, 9.17) is 23.2 Å². The van der Waals surface area contributed by atoms with Crippen LogP contribution in [-0.2, 0) is 0 Å². The van der Waals surface area contributed by atoms with E-state index in [-0.39, 0.29) is 11.7 Å². The summed E-state index contributed by atoms with van der Waals surface area (Å²) >= 11 is 11.8. The van der Waals surface area contributed by atoms with Gasteiger partial charge in [-0.2, -0.15) is 0 Å². The fourth-order valence-corrected chi connectivity index (χ4v) is 2.26. The maximum Gasteiger partial charge on any atom is 0.117 e. The number of nitrogens with one attached hydrogen (secondary N) is 2. The molecule has 0 aromatic carbocycles. The minimum absolute atomic E-state index is 0.185. The third kappa shape index (κ3) is 2.48. The molecule has 0 aromatic rings. The molecular formula is C10H12Cl2N2O. The van der Waals surface area contributed by atoms with E-state index >= 15 is 0 Å². The normalized spacial score (nSPS) is 31.2. The Morgan fingerprint density at radius 1 is 1.47 bits per heavy atom. The maximum absolute atomic E-state index is 9.70. The van der Waals surface area contributed by atoms with E-state index in [2.05, 4.69) is 10.6 Å². The molecule has 5 heteroatoms. The van der Waals surface area contributed by atoms with Crippen molar-refractivity contribution in [1.82, 2.24) is 10.6 Å². The number of allylic oxidation sites excluding steroid dienone is 2. The van der Waals surface area contributed by atoms with Gasteiger partial charge in [-0.1, -0.05) is 17.7 Å². The number of aliphatic hydroxyl groups excluding tert-OH is 1. The van der Waals surface area contributed by atoms with E-state index in [1.807, 2.05) is 6.08 Å². The molecule has 0 saturated heterocycles. The van der Waals surface area contributed by atoms with Crippen LogP contribution in [0.15, 0.2) is 34.7 Å². The minimum atomic E-state index is -0.310. The molecule has 3 nitrogen and oxygen atoms in total. The van der Waals surface area contributed by atoms with Gasteiger partial charge in [-0.3, -0.25) is 5.32 Å². The van der Waals surface area contributed by atoms with Crippen molar-refractivity contribution in [2.45, 2.75) is 24.5 Å². The first-order valence-electron chi connectivity index (χ1n) is 4.79. The van der Waals surface area contributed by atoms with Crippen molar-refractivity contribution >= 4 is 23.2 Å². The Balaban J connectivity index is 2.18. The molecule has 2 rings (SSSR count). The Morgan fingerprint density at radius 2 is 2.27 bits per heavy atom. The van der Waals surface area contributed by atoms with Crippen LogP contribution >= 0.6 is 23.2 Å². The molecule has 15 heavy (non-hydrogen) atoms. The summed E-state index contributed by atoms with van der Waals surface area (Å²) in [6.45, 7) is 0. The van der Waals surface area contributed by atoms with Gasteiger partial charge in [0.2, 0.25) is 0 Å². The highest BCUT2D eigenvalue weighted by Crippen LogP contribution is 2.23. The van der Waals surface area contributed by atoms with Gasteiger partial charge in [0.25, 0.3) is 0 Å². The lowest BCUT2D eigenvalue weighted by Crippen LogP contribution is -2.49. The van der Waals surface area contributed by atoms with E-state index in [9.17, 15) is 5.11 Å². The van der Waals surface area contributed by atoms with Gasteiger partial charge in [-0.15, -0.1) is 11.6 Å². The highest BCUT2D eigenvalue weighted by atomic mass is 35.5. The van der Waals surface area contributed by atoms with Crippen LogP contribution in [0.25, 0.3) is 0 Å². The van der Waals surface area contributed by atoms with Gasteiger partial charge in [-0.05, 0) is 25.0 Å². The van der Waals surface area contributed by atoms with Crippen LogP contribution < -0.4 is 10.6 Å². The predicted molar refractivity (Wildman–Crippen MR) is 61.7 cm³/mol. The lowest BCUT2D eigenvalue weighted by molar-refractivity contribution is 0.393. The first-order valence-corrected chi connectivity index (χ1v) is 5.61. The summed E-state index contributed by atoms with van der Waals surface area (Å²) in [6, 6.07) is 0. The second-order valence-corrected chi connectivity index (χ2v) is 4.39. The second-order valence-electron chi connectivity index (χ2n) is 3.51. The van der Waals surface area contributed by atoms with E-state index in [0.717, 1.165) is 18.4 Å². The maximum atomic E-state index is 9.70. The van der Waals surface area contributed by atoms with Gasteiger partial charge in [0.1, 0.15) is 22.6 Å². The average Bonchev–Trinajstić information content (AvgIpc) is 2.16. The molecule has 2 atom stereocenters. The van der Waals surface area contributed by atoms with Crippen molar-refractivity contribution in [3.8, 4) is 0 Å². The van der Waals surface area contributed by atoms with Crippen LogP contribution in [0.3, 0.4) is 0 Å². The van der Waals surface area contributed by atoms with Gasteiger partial charge in [0, 0.05) is 5.57 Å². The number of rotatable bonds is 1. The van der Waals surface area contributed by atoms with Gasteiger partial charge in [0.05, 0.1) is 0 Å². The van der Waals surface area contributed by atoms with Crippen LogP contribution in [0, 0.1) is 0 Å². The van der Waals surface area contributed by atoms with E-state index in [1.165, 1.54) is 0 Å². The van der Waals surface area contributed by atoms with E-state index in [1.54, 1.807) is 12.2 Å². The molecule has 2 unspecified atom stereocenters. The van der Waals surface area contributed by atoms with Gasteiger partial charge < -0.3 is 10.4 Å². The SMILES string of the molecule is OC1=C(C2NC(Cl)=CC(Cl)N2)CCC=C1. The molecule has 3 N–H and O–H groups in total. The molecule has 82 valence electrons. The smallest absolute Gasteiger partial charge is 0.117 e. The van der Waals surface area contributed by atoms with Crippen molar-refractivity contribution < 1.29 is 5.11 Å². The third-order valence-electron chi connectivity index (χ3n) is 2.43. The molecular weight excluding hydrogens is 235 g/mol. The molecule has 0 bridgehead atoms. The first kappa shape index (κ1) is 10.9.